The Bertz CT molecular complexity index is 1420. The molecule has 0 spiro atoms. The predicted molar refractivity (Wildman–Crippen MR) is 135 cm³/mol. The molecule has 0 heterocycles. The highest BCUT2D eigenvalue weighted by molar-refractivity contribution is 6.32. The molecule has 0 aliphatic heterocycles. The maximum atomic E-state index is 13.7. The quantitative estimate of drug-likeness (QED) is 0.315. The van der Waals surface area contributed by atoms with Gasteiger partial charge in [0.05, 0.1) is 22.5 Å². The van der Waals surface area contributed by atoms with Crippen molar-refractivity contribution in [3.63, 3.8) is 0 Å². The van der Waals surface area contributed by atoms with Gasteiger partial charge in [0.25, 0.3) is 0 Å². The van der Waals surface area contributed by atoms with Gasteiger partial charge >= 0.3 is 0 Å². The molecule has 0 saturated carbocycles. The number of carbonyl (C=O) groups is 2. The maximum absolute atomic E-state index is 13.7. The molecule has 1 aliphatic carbocycles. The fourth-order valence-corrected chi connectivity index (χ4v) is 4.22. The van der Waals surface area contributed by atoms with E-state index in [2.05, 4.69) is 10.6 Å². The van der Waals surface area contributed by atoms with Gasteiger partial charge in [-0.1, -0.05) is 59.7 Å². The zero-order chi connectivity index (χ0) is 23.8. The molecule has 0 unspecified atom stereocenters. The molecule has 5 heteroatoms. The number of carbonyl (C=O) groups excluding carboxylic acids is 2. The lowest BCUT2D eigenvalue weighted by molar-refractivity contribution is 0.0980. The van der Waals surface area contributed by atoms with Crippen LogP contribution in [0.3, 0.4) is 0 Å². The van der Waals surface area contributed by atoms with Gasteiger partial charge in [-0.3, -0.25) is 9.59 Å². The van der Waals surface area contributed by atoms with Crippen LogP contribution in [0.4, 0.5) is 17.1 Å². The highest BCUT2D eigenvalue weighted by Crippen LogP contribution is 2.44. The number of ketones is 2. The number of hydrogen-bond donors (Lipinski definition) is 2. The summed E-state index contributed by atoms with van der Waals surface area (Å²) in [4.78, 5) is 27.3. The first kappa shape index (κ1) is 21.5. The second-order valence-electron chi connectivity index (χ2n) is 8.41. The van der Waals surface area contributed by atoms with E-state index in [-0.39, 0.29) is 11.6 Å². The molecule has 5 rings (SSSR count). The monoisotopic (exact) mass is 448 g/mol. The van der Waals surface area contributed by atoms with Crippen LogP contribution in [0.5, 0.6) is 11.5 Å². The Balaban J connectivity index is 1.72. The van der Waals surface area contributed by atoms with E-state index < -0.39 is 0 Å². The largest absolute Gasteiger partial charge is 0.455 e. The Morgan fingerprint density at radius 3 is 1.85 bits per heavy atom. The molecule has 0 amide bonds. The van der Waals surface area contributed by atoms with Crippen LogP contribution in [0.1, 0.15) is 43.0 Å². The van der Waals surface area contributed by atoms with Gasteiger partial charge in [0.1, 0.15) is 5.75 Å². The summed E-state index contributed by atoms with van der Waals surface area (Å²) in [6.07, 6.45) is 0. The minimum Gasteiger partial charge on any atom is -0.455 e. The second-order valence-corrected chi connectivity index (χ2v) is 8.41. The third kappa shape index (κ3) is 3.71. The van der Waals surface area contributed by atoms with Crippen molar-refractivity contribution >= 4 is 28.6 Å². The van der Waals surface area contributed by atoms with Crippen LogP contribution in [0.25, 0.3) is 0 Å². The van der Waals surface area contributed by atoms with Gasteiger partial charge in [-0.25, -0.2) is 0 Å². The summed E-state index contributed by atoms with van der Waals surface area (Å²) in [6.45, 7) is 4.02. The number of ether oxygens (including phenoxy) is 1. The van der Waals surface area contributed by atoms with Crippen LogP contribution in [0.2, 0.25) is 0 Å². The van der Waals surface area contributed by atoms with E-state index in [1.807, 2.05) is 62.4 Å². The SMILES string of the molecule is CNc1c(Oc2ccc(C)cc2)cc(Nc2ccc(C)cc2)c2c1C(=O)c1ccccc1C2=O. The lowest BCUT2D eigenvalue weighted by Crippen LogP contribution is -2.24. The Hall–Kier alpha value is -4.38. The summed E-state index contributed by atoms with van der Waals surface area (Å²) < 4.78 is 6.22. The summed E-state index contributed by atoms with van der Waals surface area (Å²) in [5.74, 6) is 0.688. The van der Waals surface area contributed by atoms with Crippen molar-refractivity contribution in [2.24, 2.45) is 0 Å². The first-order valence-corrected chi connectivity index (χ1v) is 11.1. The van der Waals surface area contributed by atoms with Gasteiger partial charge in [0.2, 0.25) is 0 Å². The summed E-state index contributed by atoms with van der Waals surface area (Å²) in [6, 6.07) is 24.3. The topological polar surface area (TPSA) is 67.4 Å². The summed E-state index contributed by atoms with van der Waals surface area (Å²) >= 11 is 0. The summed E-state index contributed by atoms with van der Waals surface area (Å²) in [7, 11) is 1.73. The number of aryl methyl sites for hydroxylation is 2. The molecule has 0 aromatic heterocycles. The Kier molecular flexibility index (Phi) is 5.38. The molecule has 4 aromatic carbocycles. The molecule has 0 atom stereocenters. The van der Waals surface area contributed by atoms with Crippen molar-refractivity contribution < 1.29 is 14.3 Å². The highest BCUT2D eigenvalue weighted by Gasteiger charge is 2.35. The van der Waals surface area contributed by atoms with Crippen LogP contribution in [-0.2, 0) is 0 Å². The summed E-state index contributed by atoms with van der Waals surface area (Å²) in [5.41, 5.74) is 5.50. The highest BCUT2D eigenvalue weighted by atomic mass is 16.5. The van der Waals surface area contributed by atoms with Crippen molar-refractivity contribution in [3.05, 3.63) is 112 Å². The van der Waals surface area contributed by atoms with Crippen molar-refractivity contribution in [1.82, 2.24) is 0 Å². The first-order chi connectivity index (χ1) is 16.5. The fourth-order valence-electron chi connectivity index (χ4n) is 4.22. The third-order valence-corrected chi connectivity index (χ3v) is 5.99. The van der Waals surface area contributed by atoms with Gasteiger partial charge < -0.3 is 15.4 Å². The number of nitrogens with one attached hydrogen (secondary N) is 2. The van der Waals surface area contributed by atoms with Gasteiger partial charge in [-0.2, -0.15) is 0 Å². The molecule has 0 radical (unpaired) electrons. The van der Waals surface area contributed by atoms with Gasteiger partial charge in [0, 0.05) is 29.9 Å². The van der Waals surface area contributed by atoms with E-state index in [9.17, 15) is 9.59 Å². The summed E-state index contributed by atoms with van der Waals surface area (Å²) in [5, 5.41) is 6.46. The lowest BCUT2D eigenvalue weighted by atomic mass is 9.82. The van der Waals surface area contributed by atoms with Crippen molar-refractivity contribution in [2.75, 3.05) is 17.7 Å². The molecular weight excluding hydrogens is 424 g/mol. The van der Waals surface area contributed by atoms with E-state index in [0.29, 0.717) is 45.1 Å². The molecule has 1 aliphatic rings. The second kappa shape index (κ2) is 8.52. The lowest BCUT2D eigenvalue weighted by Gasteiger charge is -2.25. The van der Waals surface area contributed by atoms with Crippen LogP contribution in [0.15, 0.2) is 78.9 Å². The van der Waals surface area contributed by atoms with Crippen molar-refractivity contribution in [3.8, 4) is 11.5 Å². The van der Waals surface area contributed by atoms with Crippen LogP contribution < -0.4 is 15.4 Å². The molecule has 34 heavy (non-hydrogen) atoms. The fraction of sp³-hybridized carbons (Fsp3) is 0.103. The van der Waals surface area contributed by atoms with Crippen LogP contribution >= 0.6 is 0 Å². The molecule has 2 N–H and O–H groups in total. The van der Waals surface area contributed by atoms with Gasteiger partial charge in [-0.05, 0) is 38.1 Å². The number of benzene rings is 4. The van der Waals surface area contributed by atoms with Gasteiger partial charge in [0.15, 0.2) is 17.3 Å². The number of hydrogen-bond acceptors (Lipinski definition) is 5. The number of rotatable bonds is 5. The normalized spacial score (nSPS) is 12.1. The number of fused-ring (bicyclic) bond motifs is 2. The molecular formula is C29H24N2O3. The molecule has 0 fully saturated rings. The van der Waals surface area contributed by atoms with Gasteiger partial charge in [-0.15, -0.1) is 0 Å². The zero-order valence-corrected chi connectivity index (χ0v) is 19.2. The Labute approximate surface area is 198 Å². The average Bonchev–Trinajstić information content (AvgIpc) is 2.85. The molecule has 168 valence electrons. The maximum Gasteiger partial charge on any atom is 0.196 e. The van der Waals surface area contributed by atoms with E-state index in [1.54, 1.807) is 37.4 Å². The van der Waals surface area contributed by atoms with Crippen molar-refractivity contribution in [2.45, 2.75) is 13.8 Å². The Morgan fingerprint density at radius 2 is 1.26 bits per heavy atom. The zero-order valence-electron chi connectivity index (χ0n) is 19.2. The smallest absolute Gasteiger partial charge is 0.196 e. The van der Waals surface area contributed by atoms with Crippen LogP contribution in [-0.4, -0.2) is 18.6 Å². The molecule has 0 bridgehead atoms. The Morgan fingerprint density at radius 1 is 0.706 bits per heavy atom. The van der Waals surface area contributed by atoms with E-state index in [0.717, 1.165) is 16.8 Å². The van der Waals surface area contributed by atoms with Crippen molar-refractivity contribution in [1.29, 1.82) is 0 Å². The first-order valence-electron chi connectivity index (χ1n) is 11.1. The minimum absolute atomic E-state index is 0.196. The molecule has 5 nitrogen and oxygen atoms in total. The van der Waals surface area contributed by atoms with E-state index in [4.69, 9.17) is 4.74 Å². The third-order valence-electron chi connectivity index (χ3n) is 5.99. The molecule has 4 aromatic rings. The average molecular weight is 449 g/mol. The molecule has 0 saturated heterocycles. The predicted octanol–water partition coefficient (Wildman–Crippen LogP) is 6.66. The van der Waals surface area contributed by atoms with Crippen LogP contribution in [0, 0.1) is 13.8 Å². The van der Waals surface area contributed by atoms with E-state index in [1.165, 1.54) is 0 Å². The minimum atomic E-state index is -0.212. The standard InChI is InChI=1S/C29H24N2O3/c1-17-8-12-19(13-9-17)31-23-16-24(34-20-14-10-18(2)11-15-20)27(30-3)26-25(23)28(32)21-6-4-5-7-22(21)29(26)33/h4-16,30-31H,1-3H3. The van der Waals surface area contributed by atoms with E-state index >= 15 is 0 Å². The number of anilines is 3.